The third-order valence-electron chi connectivity index (χ3n) is 4.76. The number of fused-ring (bicyclic) bond motifs is 1. The van der Waals surface area contributed by atoms with Crippen molar-refractivity contribution in [2.45, 2.75) is 6.92 Å². The minimum Gasteiger partial charge on any atom is -0.497 e. The Morgan fingerprint density at radius 1 is 0.897 bits per heavy atom. The summed E-state index contributed by atoms with van der Waals surface area (Å²) in [5.41, 5.74) is 1.87. The fourth-order valence-corrected chi connectivity index (χ4v) is 4.18. The van der Waals surface area contributed by atoms with Crippen LogP contribution in [0.2, 0.25) is 0 Å². The normalized spacial score (nSPS) is 14.9. The zero-order valence-corrected chi connectivity index (χ0v) is 17.1. The van der Waals surface area contributed by atoms with Crippen LogP contribution in [0.4, 0.5) is 5.69 Å². The van der Waals surface area contributed by atoms with Crippen molar-refractivity contribution in [3.8, 4) is 11.5 Å². The van der Waals surface area contributed by atoms with E-state index in [4.69, 9.17) is 9.47 Å². The number of carbonyl (C=O) groups is 2. The number of benzene rings is 2. The van der Waals surface area contributed by atoms with Gasteiger partial charge < -0.3 is 9.47 Å². The number of rotatable bonds is 4. The number of hydrogen-bond acceptors (Lipinski definition) is 5. The number of aryl methyl sites for hydroxylation is 1. The van der Waals surface area contributed by atoms with E-state index >= 15 is 0 Å². The quantitative estimate of drug-likeness (QED) is 0.462. The van der Waals surface area contributed by atoms with Crippen molar-refractivity contribution in [3.63, 3.8) is 0 Å². The first kappa shape index (κ1) is 19.0. The number of methoxy groups -OCH3 is 2. The molecule has 5 nitrogen and oxygen atoms in total. The molecule has 0 unspecified atom stereocenters. The van der Waals surface area contributed by atoms with Crippen molar-refractivity contribution >= 4 is 40.5 Å². The van der Waals surface area contributed by atoms with Crippen molar-refractivity contribution < 1.29 is 19.1 Å². The van der Waals surface area contributed by atoms with E-state index in [1.807, 2.05) is 25.1 Å². The zero-order chi connectivity index (χ0) is 20.5. The van der Waals surface area contributed by atoms with E-state index in [-0.39, 0.29) is 5.91 Å². The maximum atomic E-state index is 13.5. The molecule has 2 aromatic carbocycles. The van der Waals surface area contributed by atoms with Crippen molar-refractivity contribution in [1.29, 1.82) is 0 Å². The monoisotopic (exact) mass is 405 g/mol. The molecule has 0 aliphatic carbocycles. The molecule has 0 atom stereocenters. The molecule has 146 valence electrons. The SMILES string of the molecule is COc1ccc2c(c1)C(=O)N(c1ccccc1OC)C(=O)/C2=C\c1ccc(C)s1. The molecule has 0 saturated heterocycles. The number of hydrogen-bond donors (Lipinski definition) is 0. The number of imide groups is 1. The molecular formula is C23H19NO4S. The Hall–Kier alpha value is -3.38. The van der Waals surface area contributed by atoms with Gasteiger partial charge in [-0.3, -0.25) is 9.59 Å². The van der Waals surface area contributed by atoms with E-state index in [1.54, 1.807) is 60.9 Å². The molecule has 0 radical (unpaired) electrons. The third kappa shape index (κ3) is 3.32. The first-order valence-electron chi connectivity index (χ1n) is 9.02. The Balaban J connectivity index is 1.94. The topological polar surface area (TPSA) is 55.8 Å². The molecule has 6 heteroatoms. The Labute approximate surface area is 172 Å². The first-order chi connectivity index (χ1) is 14.0. The predicted octanol–water partition coefficient (Wildman–Crippen LogP) is 4.80. The second-order valence-corrected chi connectivity index (χ2v) is 7.85. The number of anilines is 1. The summed E-state index contributed by atoms with van der Waals surface area (Å²) in [6.07, 6.45) is 1.83. The van der Waals surface area contributed by atoms with E-state index in [0.717, 1.165) is 9.75 Å². The van der Waals surface area contributed by atoms with Crippen LogP contribution in [0.25, 0.3) is 11.6 Å². The Morgan fingerprint density at radius 3 is 2.38 bits per heavy atom. The second kappa shape index (κ2) is 7.56. The van der Waals surface area contributed by atoms with Crippen LogP contribution in [0.15, 0.2) is 54.6 Å². The van der Waals surface area contributed by atoms with Gasteiger partial charge in [0.05, 0.1) is 25.5 Å². The van der Waals surface area contributed by atoms with Gasteiger partial charge in [-0.05, 0) is 55.5 Å². The summed E-state index contributed by atoms with van der Waals surface area (Å²) in [4.78, 5) is 30.1. The van der Waals surface area contributed by atoms with Gasteiger partial charge in [0.15, 0.2) is 0 Å². The van der Waals surface area contributed by atoms with E-state index in [2.05, 4.69) is 0 Å². The lowest BCUT2D eigenvalue weighted by Gasteiger charge is -2.29. The molecule has 1 aliphatic heterocycles. The van der Waals surface area contributed by atoms with Gasteiger partial charge >= 0.3 is 0 Å². The predicted molar refractivity (Wildman–Crippen MR) is 115 cm³/mol. The summed E-state index contributed by atoms with van der Waals surface area (Å²) < 4.78 is 10.7. The standard InChI is InChI=1S/C23H19NO4S/c1-14-8-10-16(29-14)13-19-17-11-9-15(27-2)12-18(17)22(25)24(23(19)26)20-6-4-5-7-21(20)28-3/h4-13H,1-3H3/b19-13-. The third-order valence-corrected chi connectivity index (χ3v) is 5.71. The summed E-state index contributed by atoms with van der Waals surface area (Å²) >= 11 is 1.59. The minimum atomic E-state index is -0.409. The molecule has 0 saturated carbocycles. The molecule has 0 spiro atoms. The molecule has 0 N–H and O–H groups in total. The molecule has 29 heavy (non-hydrogen) atoms. The number of nitrogens with zero attached hydrogens (tertiary/aromatic N) is 1. The fourth-order valence-electron chi connectivity index (χ4n) is 3.36. The van der Waals surface area contributed by atoms with Gasteiger partial charge in [-0.15, -0.1) is 11.3 Å². The van der Waals surface area contributed by atoms with Crippen molar-refractivity contribution in [2.24, 2.45) is 0 Å². The zero-order valence-electron chi connectivity index (χ0n) is 16.3. The lowest BCUT2D eigenvalue weighted by molar-refractivity contribution is -0.112. The van der Waals surface area contributed by atoms with Crippen molar-refractivity contribution in [1.82, 2.24) is 0 Å². The van der Waals surface area contributed by atoms with Crippen LogP contribution >= 0.6 is 11.3 Å². The lowest BCUT2D eigenvalue weighted by Crippen LogP contribution is -2.42. The summed E-state index contributed by atoms with van der Waals surface area (Å²) in [6, 6.07) is 16.1. The maximum Gasteiger partial charge on any atom is 0.266 e. The van der Waals surface area contributed by atoms with Gasteiger partial charge in [-0.1, -0.05) is 12.1 Å². The highest BCUT2D eigenvalue weighted by Gasteiger charge is 2.37. The molecular weight excluding hydrogens is 386 g/mol. The van der Waals surface area contributed by atoms with Crippen LogP contribution in [-0.4, -0.2) is 26.0 Å². The van der Waals surface area contributed by atoms with E-state index < -0.39 is 5.91 Å². The number of carbonyl (C=O) groups excluding carboxylic acids is 2. The lowest BCUT2D eigenvalue weighted by atomic mass is 9.92. The highest BCUT2D eigenvalue weighted by Crippen LogP contribution is 2.38. The Morgan fingerprint density at radius 2 is 1.69 bits per heavy atom. The Kier molecular flexibility index (Phi) is 4.94. The smallest absolute Gasteiger partial charge is 0.266 e. The van der Waals surface area contributed by atoms with Gasteiger partial charge in [0.1, 0.15) is 11.5 Å². The van der Waals surface area contributed by atoms with Crippen LogP contribution in [0.5, 0.6) is 11.5 Å². The van der Waals surface area contributed by atoms with Crippen LogP contribution in [0.1, 0.15) is 25.7 Å². The van der Waals surface area contributed by atoms with E-state index in [1.165, 1.54) is 12.0 Å². The highest BCUT2D eigenvalue weighted by molar-refractivity contribution is 7.12. The molecule has 1 aromatic heterocycles. The molecule has 3 aromatic rings. The van der Waals surface area contributed by atoms with Crippen LogP contribution in [0.3, 0.4) is 0 Å². The maximum absolute atomic E-state index is 13.5. The van der Waals surface area contributed by atoms with Crippen LogP contribution < -0.4 is 14.4 Å². The number of ether oxygens (including phenoxy) is 2. The summed E-state index contributed by atoms with van der Waals surface area (Å²) in [5, 5.41) is 0. The molecule has 0 bridgehead atoms. The van der Waals surface area contributed by atoms with Gasteiger partial charge in [0, 0.05) is 20.9 Å². The second-order valence-electron chi connectivity index (χ2n) is 6.54. The highest BCUT2D eigenvalue weighted by atomic mass is 32.1. The number of thiophene rings is 1. The first-order valence-corrected chi connectivity index (χ1v) is 9.83. The van der Waals surface area contributed by atoms with Crippen LogP contribution in [0, 0.1) is 6.92 Å². The molecule has 0 fully saturated rings. The van der Waals surface area contributed by atoms with Crippen molar-refractivity contribution in [2.75, 3.05) is 19.1 Å². The van der Waals surface area contributed by atoms with Crippen molar-refractivity contribution in [3.05, 3.63) is 75.5 Å². The largest absolute Gasteiger partial charge is 0.497 e. The summed E-state index contributed by atoms with van der Waals surface area (Å²) in [5.74, 6) is 0.209. The summed E-state index contributed by atoms with van der Waals surface area (Å²) in [7, 11) is 3.06. The van der Waals surface area contributed by atoms with Gasteiger partial charge in [0.25, 0.3) is 11.8 Å². The average molecular weight is 405 g/mol. The van der Waals surface area contributed by atoms with Gasteiger partial charge in [0.2, 0.25) is 0 Å². The minimum absolute atomic E-state index is 0.386. The molecule has 1 aliphatic rings. The Bertz CT molecular complexity index is 1150. The van der Waals surface area contributed by atoms with Gasteiger partial charge in [-0.25, -0.2) is 4.90 Å². The number of para-hydroxylation sites is 2. The average Bonchev–Trinajstić information content (AvgIpc) is 3.16. The molecule has 4 rings (SSSR count). The van der Waals surface area contributed by atoms with Crippen LogP contribution in [-0.2, 0) is 4.79 Å². The summed E-state index contributed by atoms with van der Waals surface area (Å²) in [6.45, 7) is 2.01. The van der Waals surface area contributed by atoms with Gasteiger partial charge in [-0.2, -0.15) is 0 Å². The van der Waals surface area contributed by atoms with E-state index in [9.17, 15) is 9.59 Å². The van der Waals surface area contributed by atoms with E-state index in [0.29, 0.717) is 33.9 Å². The molecule has 2 heterocycles. The molecule has 2 amide bonds. The number of amides is 2. The fraction of sp³-hybridized carbons (Fsp3) is 0.130.